The molecular formula is C21H31NO2. The monoisotopic (exact) mass is 329 g/mol. The maximum Gasteiger partial charge on any atom is 0.248 e. The Bertz CT molecular complexity index is 597. The lowest BCUT2D eigenvalue weighted by Crippen LogP contribution is -2.50. The van der Waals surface area contributed by atoms with Crippen LogP contribution in [0.2, 0.25) is 0 Å². The first-order valence-electron chi connectivity index (χ1n) is 9.33. The zero-order chi connectivity index (χ0) is 17.4. The lowest BCUT2D eigenvalue weighted by Gasteiger charge is -2.51. The molecule has 0 aromatic heterocycles. The highest BCUT2D eigenvalue weighted by Crippen LogP contribution is 2.63. The van der Waals surface area contributed by atoms with Gasteiger partial charge >= 0.3 is 0 Å². The predicted octanol–water partition coefficient (Wildman–Crippen LogP) is 4.70. The summed E-state index contributed by atoms with van der Waals surface area (Å²) in [6, 6.07) is 8.76. The highest BCUT2D eigenvalue weighted by atomic mass is 16.5. The van der Waals surface area contributed by atoms with E-state index < -0.39 is 0 Å². The number of ether oxygens (including phenoxy) is 1. The van der Waals surface area contributed by atoms with Crippen LogP contribution in [0.15, 0.2) is 30.3 Å². The summed E-state index contributed by atoms with van der Waals surface area (Å²) < 4.78 is 6.57. The molecule has 3 fully saturated rings. The van der Waals surface area contributed by atoms with Gasteiger partial charge in [0.2, 0.25) is 5.91 Å². The third-order valence-corrected chi connectivity index (χ3v) is 6.78. The van der Waals surface area contributed by atoms with Gasteiger partial charge in [-0.15, -0.1) is 0 Å². The minimum Gasteiger partial charge on any atom is -0.368 e. The quantitative estimate of drug-likeness (QED) is 0.812. The van der Waals surface area contributed by atoms with Crippen molar-refractivity contribution in [3.8, 4) is 0 Å². The lowest BCUT2D eigenvalue weighted by atomic mass is 9.56. The molecule has 3 heteroatoms. The Hall–Kier alpha value is -1.35. The number of carbonyl (C=O) groups is 1. The number of hydrogen-bond acceptors (Lipinski definition) is 2. The third kappa shape index (κ3) is 2.99. The Kier molecular flexibility index (Phi) is 4.50. The van der Waals surface area contributed by atoms with Crippen molar-refractivity contribution < 1.29 is 9.53 Å². The van der Waals surface area contributed by atoms with Crippen LogP contribution in [0.4, 0.5) is 0 Å². The third-order valence-electron chi connectivity index (χ3n) is 6.78. The van der Waals surface area contributed by atoms with E-state index in [1.165, 1.54) is 44.9 Å². The van der Waals surface area contributed by atoms with Crippen molar-refractivity contribution in [1.82, 2.24) is 0 Å². The van der Waals surface area contributed by atoms with Gasteiger partial charge in [-0.2, -0.15) is 0 Å². The zero-order valence-corrected chi connectivity index (χ0v) is 15.3. The van der Waals surface area contributed by atoms with Gasteiger partial charge in [0.15, 0.2) is 0 Å². The molecule has 2 unspecified atom stereocenters. The minimum absolute atomic E-state index is 0.148. The molecule has 132 valence electrons. The van der Waals surface area contributed by atoms with Crippen LogP contribution in [0.3, 0.4) is 0 Å². The summed E-state index contributed by atoms with van der Waals surface area (Å²) in [6.07, 6.45) is 9.67. The molecular weight excluding hydrogens is 298 g/mol. The maximum absolute atomic E-state index is 10.4. The van der Waals surface area contributed by atoms with E-state index >= 15 is 0 Å². The van der Waals surface area contributed by atoms with Crippen LogP contribution in [0.1, 0.15) is 76.1 Å². The molecule has 1 aliphatic heterocycles. The Labute approximate surface area is 146 Å². The number of amides is 1. The van der Waals surface area contributed by atoms with Crippen molar-refractivity contribution in [3.05, 3.63) is 35.9 Å². The van der Waals surface area contributed by atoms with Crippen LogP contribution in [-0.4, -0.2) is 17.1 Å². The van der Waals surface area contributed by atoms with Gasteiger partial charge in [-0.3, -0.25) is 4.79 Å². The number of primary amides is 1. The molecule has 1 spiro atoms. The van der Waals surface area contributed by atoms with E-state index in [1.807, 2.05) is 6.07 Å². The van der Waals surface area contributed by atoms with E-state index in [4.69, 9.17) is 10.5 Å². The molecule has 3 aliphatic rings. The van der Waals surface area contributed by atoms with Crippen molar-refractivity contribution in [3.63, 3.8) is 0 Å². The smallest absolute Gasteiger partial charge is 0.248 e. The van der Waals surface area contributed by atoms with Gasteiger partial charge in [0, 0.05) is 5.56 Å². The van der Waals surface area contributed by atoms with E-state index in [0.717, 1.165) is 5.92 Å². The molecule has 4 rings (SSSR count). The standard InChI is InChI=1S/C14H24O.C7H7NO/c1-12(2)11-6-9-13(3)7-4-5-8-14(13,10-11)15-12;8-7(9)6-4-2-1-3-5-6/h11H,4-10H2,1-3H3;1-5H,(H2,8,9)/t11?,13-,14?;/m0./s1. The van der Waals surface area contributed by atoms with Gasteiger partial charge in [0.25, 0.3) is 0 Å². The average Bonchev–Trinajstić information content (AvgIpc) is 2.77. The predicted molar refractivity (Wildman–Crippen MR) is 96.8 cm³/mol. The van der Waals surface area contributed by atoms with Crippen molar-refractivity contribution in [2.45, 2.75) is 76.9 Å². The van der Waals surface area contributed by atoms with Gasteiger partial charge in [0.1, 0.15) is 0 Å². The van der Waals surface area contributed by atoms with Crippen molar-refractivity contribution in [2.24, 2.45) is 17.1 Å². The topological polar surface area (TPSA) is 52.3 Å². The van der Waals surface area contributed by atoms with E-state index in [9.17, 15) is 4.79 Å². The number of carbonyl (C=O) groups excluding carboxylic acids is 1. The largest absolute Gasteiger partial charge is 0.368 e. The molecule has 1 amide bonds. The van der Waals surface area contributed by atoms with Gasteiger partial charge in [-0.25, -0.2) is 0 Å². The summed E-state index contributed by atoms with van der Waals surface area (Å²) in [7, 11) is 0. The molecule has 2 saturated carbocycles. The normalized spacial score (nSPS) is 36.2. The molecule has 1 aromatic rings. The zero-order valence-electron chi connectivity index (χ0n) is 15.3. The summed E-state index contributed by atoms with van der Waals surface area (Å²) >= 11 is 0. The molecule has 1 heterocycles. The number of fused-ring (bicyclic) bond motifs is 1. The summed E-state index contributed by atoms with van der Waals surface area (Å²) in [5, 5.41) is 0. The van der Waals surface area contributed by atoms with Crippen LogP contribution in [0, 0.1) is 11.3 Å². The Balaban J connectivity index is 0.000000162. The molecule has 0 radical (unpaired) electrons. The van der Waals surface area contributed by atoms with Crippen LogP contribution in [0.5, 0.6) is 0 Å². The van der Waals surface area contributed by atoms with E-state index in [0.29, 0.717) is 11.0 Å². The first kappa shape index (κ1) is 17.5. The maximum atomic E-state index is 10.4. The first-order chi connectivity index (χ1) is 11.3. The fourth-order valence-electron chi connectivity index (χ4n) is 5.15. The fourth-order valence-corrected chi connectivity index (χ4v) is 5.15. The number of nitrogens with two attached hydrogens (primary N) is 1. The fraction of sp³-hybridized carbons (Fsp3) is 0.667. The van der Waals surface area contributed by atoms with Crippen LogP contribution >= 0.6 is 0 Å². The van der Waals surface area contributed by atoms with E-state index in [1.54, 1.807) is 24.3 Å². The highest BCUT2D eigenvalue weighted by Gasteiger charge is 2.62. The van der Waals surface area contributed by atoms with Crippen molar-refractivity contribution >= 4 is 5.91 Å². The van der Waals surface area contributed by atoms with Gasteiger partial charge in [-0.1, -0.05) is 38.0 Å². The van der Waals surface area contributed by atoms with E-state index in [-0.39, 0.29) is 17.1 Å². The molecule has 2 aliphatic carbocycles. The molecule has 1 saturated heterocycles. The summed E-state index contributed by atoms with van der Waals surface area (Å²) in [6.45, 7) is 7.11. The van der Waals surface area contributed by atoms with Gasteiger partial charge in [0.05, 0.1) is 11.2 Å². The van der Waals surface area contributed by atoms with Gasteiger partial charge < -0.3 is 10.5 Å². The van der Waals surface area contributed by atoms with Crippen molar-refractivity contribution in [2.75, 3.05) is 0 Å². The summed E-state index contributed by atoms with van der Waals surface area (Å²) in [4.78, 5) is 10.4. The second-order valence-electron chi connectivity index (χ2n) is 8.64. The van der Waals surface area contributed by atoms with Crippen LogP contribution < -0.4 is 5.73 Å². The number of hydrogen-bond donors (Lipinski definition) is 1. The second-order valence-corrected chi connectivity index (χ2v) is 8.64. The second kappa shape index (κ2) is 6.18. The number of rotatable bonds is 1. The molecule has 2 N–H and O–H groups in total. The Morgan fingerprint density at radius 1 is 1.08 bits per heavy atom. The lowest BCUT2D eigenvalue weighted by molar-refractivity contribution is -0.166. The average molecular weight is 329 g/mol. The minimum atomic E-state index is -0.379. The summed E-state index contributed by atoms with van der Waals surface area (Å²) in [5.41, 5.74) is 6.43. The SMILES string of the molecule is CC1(C)OC23CCCC[C@@]2(C)CCC1C3.NC(=O)c1ccccc1. The van der Waals surface area contributed by atoms with Crippen molar-refractivity contribution in [1.29, 1.82) is 0 Å². The molecule has 3 atom stereocenters. The van der Waals surface area contributed by atoms with Crippen LogP contribution in [0.25, 0.3) is 0 Å². The Morgan fingerprint density at radius 3 is 2.38 bits per heavy atom. The van der Waals surface area contributed by atoms with E-state index in [2.05, 4.69) is 20.8 Å². The highest BCUT2D eigenvalue weighted by molar-refractivity contribution is 5.92. The molecule has 24 heavy (non-hydrogen) atoms. The first-order valence-corrected chi connectivity index (χ1v) is 9.33. The Morgan fingerprint density at radius 2 is 1.75 bits per heavy atom. The van der Waals surface area contributed by atoms with Gasteiger partial charge in [-0.05, 0) is 69.4 Å². The number of benzene rings is 1. The van der Waals surface area contributed by atoms with Crippen LogP contribution in [-0.2, 0) is 4.74 Å². The molecule has 3 nitrogen and oxygen atoms in total. The summed E-state index contributed by atoms with van der Waals surface area (Å²) in [5.74, 6) is 0.444. The molecule has 2 bridgehead atoms. The molecule has 1 aromatic carbocycles.